The van der Waals surface area contributed by atoms with Gasteiger partial charge in [0.2, 0.25) is 0 Å². The van der Waals surface area contributed by atoms with Crippen molar-refractivity contribution in [1.29, 1.82) is 0 Å². The molecule has 2 atom stereocenters. The summed E-state index contributed by atoms with van der Waals surface area (Å²) >= 11 is 5.31. The third-order valence-electron chi connectivity index (χ3n) is 1.56. The van der Waals surface area contributed by atoms with E-state index in [2.05, 4.69) is 4.84 Å². The SMILES string of the molecule is OC1CCC(NCl)C1. The third-order valence-corrected chi connectivity index (χ3v) is 1.87. The van der Waals surface area contributed by atoms with E-state index < -0.39 is 0 Å². The fourth-order valence-electron chi connectivity index (χ4n) is 1.06. The highest BCUT2D eigenvalue weighted by molar-refractivity contribution is 6.13. The monoisotopic (exact) mass is 135 g/mol. The zero-order chi connectivity index (χ0) is 5.98. The molecule has 2 unspecified atom stereocenters. The van der Waals surface area contributed by atoms with Gasteiger partial charge in [0.15, 0.2) is 0 Å². The summed E-state index contributed by atoms with van der Waals surface area (Å²) in [6.45, 7) is 0. The van der Waals surface area contributed by atoms with Crippen molar-refractivity contribution in [3.05, 3.63) is 0 Å². The molecule has 0 radical (unpaired) electrons. The maximum atomic E-state index is 8.93. The number of hydrogen-bond acceptors (Lipinski definition) is 2. The van der Waals surface area contributed by atoms with Crippen molar-refractivity contribution in [2.45, 2.75) is 31.4 Å². The predicted molar refractivity (Wildman–Crippen MR) is 32.6 cm³/mol. The van der Waals surface area contributed by atoms with Crippen LogP contribution in [0, 0.1) is 0 Å². The van der Waals surface area contributed by atoms with Gasteiger partial charge in [-0.15, -0.1) is 0 Å². The summed E-state index contributed by atoms with van der Waals surface area (Å²) in [6, 6.07) is 0.340. The zero-order valence-corrected chi connectivity index (χ0v) is 5.36. The van der Waals surface area contributed by atoms with E-state index in [0.29, 0.717) is 6.04 Å². The minimum absolute atomic E-state index is 0.119. The van der Waals surface area contributed by atoms with Crippen LogP contribution < -0.4 is 4.84 Å². The second kappa shape index (κ2) is 2.67. The van der Waals surface area contributed by atoms with Crippen molar-refractivity contribution in [3.63, 3.8) is 0 Å². The number of halogens is 1. The van der Waals surface area contributed by atoms with Gasteiger partial charge in [-0.3, -0.25) is 0 Å². The van der Waals surface area contributed by atoms with Crippen LogP contribution >= 0.6 is 11.8 Å². The molecule has 8 heavy (non-hydrogen) atoms. The Bertz CT molecular complexity index is 78.8. The van der Waals surface area contributed by atoms with Crippen LogP contribution in [0.5, 0.6) is 0 Å². The van der Waals surface area contributed by atoms with E-state index in [1.54, 1.807) is 0 Å². The van der Waals surface area contributed by atoms with Crippen LogP contribution in [0.15, 0.2) is 0 Å². The Hall–Kier alpha value is 0.210. The van der Waals surface area contributed by atoms with Gasteiger partial charge in [0.05, 0.1) is 6.10 Å². The van der Waals surface area contributed by atoms with Gasteiger partial charge in [-0.05, 0) is 31.0 Å². The Labute approximate surface area is 54.0 Å². The van der Waals surface area contributed by atoms with Crippen molar-refractivity contribution >= 4 is 11.8 Å². The van der Waals surface area contributed by atoms with Gasteiger partial charge in [0.25, 0.3) is 0 Å². The Balaban J connectivity index is 2.22. The molecule has 1 rings (SSSR count). The lowest BCUT2D eigenvalue weighted by atomic mass is 10.3. The van der Waals surface area contributed by atoms with Gasteiger partial charge in [-0.25, -0.2) is 4.84 Å². The van der Waals surface area contributed by atoms with Gasteiger partial charge in [-0.2, -0.15) is 0 Å². The molecule has 0 aromatic rings. The molecule has 0 aromatic carbocycles. The van der Waals surface area contributed by atoms with Crippen molar-refractivity contribution in [2.24, 2.45) is 0 Å². The lowest BCUT2D eigenvalue weighted by molar-refractivity contribution is 0.181. The molecule has 2 N–H and O–H groups in total. The first-order chi connectivity index (χ1) is 3.83. The van der Waals surface area contributed by atoms with Gasteiger partial charge in [0.1, 0.15) is 0 Å². The summed E-state index contributed by atoms with van der Waals surface area (Å²) in [7, 11) is 0. The van der Waals surface area contributed by atoms with Crippen molar-refractivity contribution in [2.75, 3.05) is 0 Å². The number of hydrogen-bond donors (Lipinski definition) is 2. The van der Waals surface area contributed by atoms with Crippen molar-refractivity contribution < 1.29 is 5.11 Å². The van der Waals surface area contributed by atoms with Gasteiger partial charge < -0.3 is 5.11 Å². The average molecular weight is 136 g/mol. The summed E-state index contributed by atoms with van der Waals surface area (Å²) in [4.78, 5) is 2.61. The molecule has 0 aliphatic heterocycles. The molecule has 1 aliphatic carbocycles. The highest BCUT2D eigenvalue weighted by Crippen LogP contribution is 2.18. The topological polar surface area (TPSA) is 32.3 Å². The molecule has 1 fully saturated rings. The highest BCUT2D eigenvalue weighted by Gasteiger charge is 2.21. The summed E-state index contributed by atoms with van der Waals surface area (Å²) < 4.78 is 0. The van der Waals surface area contributed by atoms with Crippen LogP contribution in [0.2, 0.25) is 0 Å². The molecule has 1 aliphatic rings. The molecule has 0 aromatic heterocycles. The Morgan fingerprint density at radius 3 is 2.50 bits per heavy atom. The van der Waals surface area contributed by atoms with Gasteiger partial charge in [-0.1, -0.05) is 0 Å². The van der Waals surface area contributed by atoms with Crippen LogP contribution in [0.25, 0.3) is 0 Å². The Morgan fingerprint density at radius 1 is 1.50 bits per heavy atom. The van der Waals surface area contributed by atoms with Gasteiger partial charge in [0, 0.05) is 6.04 Å². The van der Waals surface area contributed by atoms with E-state index in [-0.39, 0.29) is 6.10 Å². The van der Waals surface area contributed by atoms with Crippen LogP contribution in [-0.2, 0) is 0 Å². The molecular weight excluding hydrogens is 126 g/mol. The minimum Gasteiger partial charge on any atom is -0.393 e. The summed E-state index contributed by atoms with van der Waals surface area (Å²) in [5.74, 6) is 0. The van der Waals surface area contributed by atoms with E-state index in [0.717, 1.165) is 19.3 Å². The van der Waals surface area contributed by atoms with Gasteiger partial charge >= 0.3 is 0 Å². The van der Waals surface area contributed by atoms with Crippen molar-refractivity contribution in [3.8, 4) is 0 Å². The van der Waals surface area contributed by atoms with E-state index in [1.165, 1.54) is 0 Å². The first-order valence-electron chi connectivity index (χ1n) is 2.87. The van der Waals surface area contributed by atoms with Crippen molar-refractivity contribution in [1.82, 2.24) is 4.84 Å². The molecule has 0 amide bonds. The first-order valence-corrected chi connectivity index (χ1v) is 3.25. The third kappa shape index (κ3) is 1.34. The number of nitrogens with one attached hydrogen (secondary N) is 1. The molecular formula is C5H10ClNO. The normalized spacial score (nSPS) is 38.2. The fourth-order valence-corrected chi connectivity index (χ4v) is 1.25. The summed E-state index contributed by atoms with van der Waals surface area (Å²) in [6.07, 6.45) is 2.59. The van der Waals surface area contributed by atoms with Crippen LogP contribution in [0.3, 0.4) is 0 Å². The smallest absolute Gasteiger partial charge is 0.0556 e. The Kier molecular flexibility index (Phi) is 2.11. The minimum atomic E-state index is -0.119. The molecule has 3 heteroatoms. The maximum Gasteiger partial charge on any atom is 0.0556 e. The van der Waals surface area contributed by atoms with E-state index in [9.17, 15) is 0 Å². The second-order valence-electron chi connectivity index (χ2n) is 2.27. The quantitative estimate of drug-likeness (QED) is 0.518. The highest BCUT2D eigenvalue weighted by atomic mass is 35.5. The maximum absolute atomic E-state index is 8.93. The van der Waals surface area contributed by atoms with E-state index >= 15 is 0 Å². The number of aliphatic hydroxyl groups is 1. The lowest BCUT2D eigenvalue weighted by Crippen LogP contribution is -2.16. The first kappa shape index (κ1) is 6.33. The average Bonchev–Trinajstić information content (AvgIpc) is 2.14. The van der Waals surface area contributed by atoms with Crippen LogP contribution in [-0.4, -0.2) is 17.3 Å². The second-order valence-corrected chi connectivity index (χ2v) is 2.49. The lowest BCUT2D eigenvalue weighted by Gasteiger charge is -2.02. The fraction of sp³-hybridized carbons (Fsp3) is 1.00. The molecule has 2 nitrogen and oxygen atoms in total. The Morgan fingerprint density at radius 2 is 2.25 bits per heavy atom. The number of rotatable bonds is 1. The van der Waals surface area contributed by atoms with Crippen LogP contribution in [0.1, 0.15) is 19.3 Å². The number of aliphatic hydroxyl groups excluding tert-OH is 1. The molecule has 0 saturated heterocycles. The zero-order valence-electron chi connectivity index (χ0n) is 4.60. The molecule has 0 bridgehead atoms. The summed E-state index contributed by atoms with van der Waals surface area (Å²) in [5, 5.41) is 8.93. The van der Waals surface area contributed by atoms with Crippen LogP contribution in [0.4, 0.5) is 0 Å². The largest absolute Gasteiger partial charge is 0.393 e. The molecule has 0 spiro atoms. The standard InChI is InChI=1S/C5H10ClNO/c6-7-4-1-2-5(8)3-4/h4-5,7-8H,1-3H2. The van der Waals surface area contributed by atoms with E-state index in [4.69, 9.17) is 16.9 Å². The summed E-state index contributed by atoms with van der Waals surface area (Å²) in [5.41, 5.74) is 0. The molecule has 0 heterocycles. The van der Waals surface area contributed by atoms with E-state index in [1.807, 2.05) is 0 Å². The molecule has 48 valence electrons. The molecule has 1 saturated carbocycles. The predicted octanol–water partition coefficient (Wildman–Crippen LogP) is 0.643.